The number of aromatic nitrogens is 3. The maximum absolute atomic E-state index is 13.0. The molecular weight excluding hydrogens is 402 g/mol. The van der Waals surface area contributed by atoms with Gasteiger partial charge in [-0.05, 0) is 36.4 Å². The van der Waals surface area contributed by atoms with Crippen LogP contribution in [-0.4, -0.2) is 33.2 Å². The molecular formula is C22H18ClN5O2. The number of rotatable bonds is 4. The second-order valence-electron chi connectivity index (χ2n) is 6.76. The Kier molecular flexibility index (Phi) is 5.20. The van der Waals surface area contributed by atoms with Gasteiger partial charge < -0.3 is 10.2 Å². The van der Waals surface area contributed by atoms with E-state index < -0.39 is 0 Å². The minimum atomic E-state index is -0.202. The van der Waals surface area contributed by atoms with Crippen molar-refractivity contribution in [2.75, 3.05) is 17.3 Å². The number of carbonyl (C=O) groups is 2. The first-order valence-electron chi connectivity index (χ1n) is 9.17. The zero-order valence-electron chi connectivity index (χ0n) is 16.3. The van der Waals surface area contributed by atoms with E-state index in [1.807, 2.05) is 24.3 Å². The van der Waals surface area contributed by atoms with Crippen LogP contribution in [0.25, 0.3) is 17.0 Å². The van der Waals surface area contributed by atoms with Crippen LogP contribution in [-0.2, 0) is 4.79 Å². The van der Waals surface area contributed by atoms with E-state index >= 15 is 0 Å². The van der Waals surface area contributed by atoms with Crippen LogP contribution in [0.2, 0.25) is 5.02 Å². The molecule has 4 aromatic rings. The summed E-state index contributed by atoms with van der Waals surface area (Å²) >= 11 is 5.93. The molecule has 0 aliphatic rings. The molecule has 0 radical (unpaired) electrons. The van der Waals surface area contributed by atoms with E-state index in [4.69, 9.17) is 11.6 Å². The second-order valence-corrected chi connectivity index (χ2v) is 7.19. The molecule has 0 aliphatic heterocycles. The van der Waals surface area contributed by atoms with Crippen LogP contribution in [0.4, 0.5) is 11.4 Å². The summed E-state index contributed by atoms with van der Waals surface area (Å²) in [6.07, 6.45) is 4.94. The third-order valence-corrected chi connectivity index (χ3v) is 4.88. The quantitative estimate of drug-likeness (QED) is 0.535. The Morgan fingerprint density at radius 3 is 2.33 bits per heavy atom. The Morgan fingerprint density at radius 2 is 1.67 bits per heavy atom. The fraction of sp³-hybridized carbons (Fsp3) is 0.0909. The molecule has 2 amide bonds. The average molecular weight is 420 g/mol. The summed E-state index contributed by atoms with van der Waals surface area (Å²) in [5.41, 5.74) is 3.53. The number of carbonyl (C=O) groups excluding carboxylic acids is 2. The van der Waals surface area contributed by atoms with Crippen molar-refractivity contribution >= 4 is 40.6 Å². The maximum atomic E-state index is 13.0. The molecule has 30 heavy (non-hydrogen) atoms. The van der Waals surface area contributed by atoms with Crippen molar-refractivity contribution in [3.63, 3.8) is 0 Å². The molecule has 0 fully saturated rings. The average Bonchev–Trinajstić information content (AvgIpc) is 3.16. The van der Waals surface area contributed by atoms with Gasteiger partial charge in [0.15, 0.2) is 0 Å². The molecule has 0 saturated heterocycles. The number of imidazole rings is 1. The molecule has 0 saturated carbocycles. The minimum Gasteiger partial charge on any atom is -0.326 e. The smallest absolute Gasteiger partial charge is 0.261 e. The zero-order chi connectivity index (χ0) is 21.3. The predicted octanol–water partition coefficient (Wildman–Crippen LogP) is 4.28. The van der Waals surface area contributed by atoms with E-state index in [1.54, 1.807) is 48.1 Å². The number of halogens is 1. The highest BCUT2D eigenvalue weighted by molar-refractivity contribution is 6.30. The van der Waals surface area contributed by atoms with Crippen molar-refractivity contribution in [3.8, 4) is 11.3 Å². The number of hydrogen-bond donors (Lipinski definition) is 1. The lowest BCUT2D eigenvalue weighted by Crippen LogP contribution is -2.26. The maximum Gasteiger partial charge on any atom is 0.261 e. The summed E-state index contributed by atoms with van der Waals surface area (Å²) < 4.78 is 1.77. The number of benzene rings is 2. The lowest BCUT2D eigenvalue weighted by molar-refractivity contribution is -0.114. The molecule has 0 aliphatic carbocycles. The monoisotopic (exact) mass is 419 g/mol. The molecule has 150 valence electrons. The van der Waals surface area contributed by atoms with Gasteiger partial charge in [0.2, 0.25) is 11.7 Å². The van der Waals surface area contributed by atoms with Crippen molar-refractivity contribution in [2.24, 2.45) is 0 Å². The predicted molar refractivity (Wildman–Crippen MR) is 117 cm³/mol. The Bertz CT molecular complexity index is 1230. The van der Waals surface area contributed by atoms with E-state index in [0.717, 1.165) is 16.9 Å². The van der Waals surface area contributed by atoms with E-state index in [9.17, 15) is 9.59 Å². The van der Waals surface area contributed by atoms with Crippen molar-refractivity contribution in [1.82, 2.24) is 14.4 Å². The van der Waals surface area contributed by atoms with Crippen molar-refractivity contribution < 1.29 is 9.59 Å². The first-order chi connectivity index (χ1) is 14.4. The van der Waals surface area contributed by atoms with E-state index in [0.29, 0.717) is 22.1 Å². The van der Waals surface area contributed by atoms with Crippen LogP contribution in [0.5, 0.6) is 0 Å². The van der Waals surface area contributed by atoms with Crippen LogP contribution < -0.4 is 10.2 Å². The zero-order valence-corrected chi connectivity index (χ0v) is 17.1. The van der Waals surface area contributed by atoms with E-state index in [2.05, 4.69) is 15.3 Å². The van der Waals surface area contributed by atoms with Gasteiger partial charge in [-0.15, -0.1) is 0 Å². The van der Waals surface area contributed by atoms with Gasteiger partial charge >= 0.3 is 0 Å². The van der Waals surface area contributed by atoms with Crippen LogP contribution in [0, 0.1) is 0 Å². The number of anilines is 2. The first kappa shape index (κ1) is 19.6. The number of nitrogens with one attached hydrogen (secondary N) is 1. The first-order valence-corrected chi connectivity index (χ1v) is 9.55. The van der Waals surface area contributed by atoms with Gasteiger partial charge in [0, 0.05) is 48.3 Å². The summed E-state index contributed by atoms with van der Waals surface area (Å²) in [5.74, 6) is 0.156. The van der Waals surface area contributed by atoms with Gasteiger partial charge in [-0.25, -0.2) is 9.97 Å². The summed E-state index contributed by atoms with van der Waals surface area (Å²) in [5, 5.41) is 3.34. The number of hydrogen-bond acceptors (Lipinski definition) is 4. The summed E-state index contributed by atoms with van der Waals surface area (Å²) in [6.45, 7) is 1.46. The number of fused-ring (bicyclic) bond motifs is 1. The summed E-state index contributed by atoms with van der Waals surface area (Å²) in [7, 11) is 1.70. The van der Waals surface area contributed by atoms with Crippen LogP contribution in [0.15, 0.2) is 67.1 Å². The van der Waals surface area contributed by atoms with E-state index in [-0.39, 0.29) is 11.8 Å². The Morgan fingerprint density at radius 1 is 1.00 bits per heavy atom. The lowest BCUT2D eigenvalue weighted by atomic mass is 10.1. The third-order valence-electron chi connectivity index (χ3n) is 4.63. The highest BCUT2D eigenvalue weighted by Gasteiger charge is 2.16. The standard InChI is InChI=1S/C22H18ClN5O2/c1-14(29)26-18-7-3-15(4-8-18)20-12-25-22-24-11-16(13-28(20)22)21(30)27(2)19-9-5-17(23)6-10-19/h3-13H,1-2H3,(H,26,29). The van der Waals surface area contributed by atoms with Crippen LogP contribution in [0.1, 0.15) is 17.3 Å². The largest absolute Gasteiger partial charge is 0.326 e. The minimum absolute atomic E-state index is 0.130. The second kappa shape index (κ2) is 7.96. The Hall–Kier alpha value is -3.71. The fourth-order valence-electron chi connectivity index (χ4n) is 3.10. The number of amides is 2. The van der Waals surface area contributed by atoms with Gasteiger partial charge in [0.1, 0.15) is 0 Å². The Labute approximate surface area is 177 Å². The molecule has 7 nitrogen and oxygen atoms in total. The van der Waals surface area contributed by atoms with Gasteiger partial charge in [0.25, 0.3) is 5.91 Å². The Balaban J connectivity index is 1.66. The third kappa shape index (κ3) is 3.88. The van der Waals surface area contributed by atoms with Gasteiger partial charge in [-0.1, -0.05) is 23.7 Å². The summed E-state index contributed by atoms with van der Waals surface area (Å²) in [4.78, 5) is 34.4. The molecule has 0 spiro atoms. The molecule has 8 heteroatoms. The highest BCUT2D eigenvalue weighted by Crippen LogP contribution is 2.23. The lowest BCUT2D eigenvalue weighted by Gasteiger charge is -2.17. The van der Waals surface area contributed by atoms with Crippen molar-refractivity contribution in [1.29, 1.82) is 0 Å². The molecule has 0 bridgehead atoms. The fourth-order valence-corrected chi connectivity index (χ4v) is 3.23. The number of nitrogens with zero attached hydrogens (tertiary/aromatic N) is 4. The topological polar surface area (TPSA) is 79.6 Å². The normalized spacial score (nSPS) is 10.8. The molecule has 4 rings (SSSR count). The van der Waals surface area contributed by atoms with Crippen molar-refractivity contribution in [3.05, 3.63) is 77.7 Å². The molecule has 2 aromatic carbocycles. The molecule has 0 unspecified atom stereocenters. The SMILES string of the molecule is CC(=O)Nc1ccc(-c2cnc3ncc(C(=O)N(C)c4ccc(Cl)cc4)cn23)cc1. The van der Waals surface area contributed by atoms with Gasteiger partial charge in [-0.3, -0.25) is 14.0 Å². The van der Waals surface area contributed by atoms with E-state index in [1.165, 1.54) is 18.0 Å². The summed E-state index contributed by atoms with van der Waals surface area (Å²) in [6, 6.07) is 14.4. The van der Waals surface area contributed by atoms with Gasteiger partial charge in [-0.2, -0.15) is 0 Å². The molecule has 2 aromatic heterocycles. The highest BCUT2D eigenvalue weighted by atomic mass is 35.5. The van der Waals surface area contributed by atoms with Crippen molar-refractivity contribution in [2.45, 2.75) is 6.92 Å². The molecule has 2 heterocycles. The van der Waals surface area contributed by atoms with Crippen LogP contribution >= 0.6 is 11.6 Å². The van der Waals surface area contributed by atoms with Crippen LogP contribution in [0.3, 0.4) is 0 Å². The van der Waals surface area contributed by atoms with Gasteiger partial charge in [0.05, 0.1) is 17.5 Å². The molecule has 0 atom stereocenters. The molecule has 1 N–H and O–H groups in total.